The van der Waals surface area contributed by atoms with Gasteiger partial charge in [-0.1, -0.05) is 146 Å². The van der Waals surface area contributed by atoms with Crippen LogP contribution in [0.4, 0.5) is 0 Å². The van der Waals surface area contributed by atoms with Gasteiger partial charge in [0.15, 0.2) is 17.2 Å². The van der Waals surface area contributed by atoms with Crippen LogP contribution in [0.15, 0.2) is 192 Å². The van der Waals surface area contributed by atoms with Crippen LogP contribution < -0.4 is 0 Å². The van der Waals surface area contributed by atoms with Crippen molar-refractivity contribution in [2.24, 2.45) is 0 Å². The first-order chi connectivity index (χ1) is 28.3. The highest BCUT2D eigenvalue weighted by Gasteiger charge is 2.22. The van der Waals surface area contributed by atoms with Crippen molar-refractivity contribution < 1.29 is 4.42 Å². The van der Waals surface area contributed by atoms with Crippen molar-refractivity contribution >= 4 is 65.6 Å². The summed E-state index contributed by atoms with van der Waals surface area (Å²) in [7, 11) is 0. The molecule has 0 fully saturated rings. The number of aromatic nitrogens is 5. The van der Waals surface area contributed by atoms with E-state index in [0.717, 1.165) is 71.6 Å². The molecule has 8 aromatic carbocycles. The van der Waals surface area contributed by atoms with Gasteiger partial charge >= 0.3 is 0 Å². The number of fused-ring (bicyclic) bond motifs is 9. The van der Waals surface area contributed by atoms with Crippen molar-refractivity contribution in [1.29, 1.82) is 0 Å². The van der Waals surface area contributed by atoms with E-state index in [1.54, 1.807) is 0 Å². The number of benzene rings is 8. The summed E-state index contributed by atoms with van der Waals surface area (Å²) in [6.45, 7) is 0. The Morgan fingerprint density at radius 3 is 1.56 bits per heavy atom. The van der Waals surface area contributed by atoms with E-state index in [2.05, 4.69) is 167 Å². The molecular formula is C51H31N5O. The van der Waals surface area contributed by atoms with E-state index in [9.17, 15) is 0 Å². The molecule has 0 aliphatic carbocycles. The van der Waals surface area contributed by atoms with E-state index in [0.29, 0.717) is 17.6 Å². The highest BCUT2D eigenvalue weighted by Crippen LogP contribution is 2.41. The summed E-state index contributed by atoms with van der Waals surface area (Å²) in [5.74, 6) is 1.67. The maximum Gasteiger partial charge on any atom is 0.238 e. The van der Waals surface area contributed by atoms with Gasteiger partial charge in [-0.05, 0) is 53.6 Å². The molecule has 0 bridgehead atoms. The lowest BCUT2D eigenvalue weighted by atomic mass is 10.0. The molecule has 0 spiro atoms. The fourth-order valence-electron chi connectivity index (χ4n) is 8.64. The molecule has 4 heterocycles. The normalized spacial score (nSPS) is 11.9. The van der Waals surface area contributed by atoms with Crippen LogP contribution in [0.25, 0.3) is 111 Å². The zero-order chi connectivity index (χ0) is 37.5. The Hall–Kier alpha value is -7.83. The number of nitrogens with zero attached hydrogens (tertiary/aromatic N) is 5. The third-order valence-corrected chi connectivity index (χ3v) is 11.2. The highest BCUT2D eigenvalue weighted by molar-refractivity contribution is 6.15. The number of furan rings is 1. The minimum absolute atomic E-state index is 0.539. The summed E-state index contributed by atoms with van der Waals surface area (Å²) < 4.78 is 11.5. The van der Waals surface area contributed by atoms with Crippen molar-refractivity contribution in [3.05, 3.63) is 188 Å². The highest BCUT2D eigenvalue weighted by atomic mass is 16.3. The van der Waals surface area contributed by atoms with Crippen molar-refractivity contribution in [2.75, 3.05) is 0 Å². The molecule has 0 saturated carbocycles. The standard InChI is InChI=1S/C51H31N5O/c1-3-15-32(16-4-1)34-29-30-45-41(31-34)37-21-9-10-25-42(37)55(45)46-28-14-23-39-38-22-13-24-40(47(38)57-48(39)46)50-52-49(33-17-5-2-6-18-33)53-51(54-50)56-43-26-11-7-19-35(43)36-20-8-12-27-44(36)56/h1-31H. The Morgan fingerprint density at radius 1 is 0.333 bits per heavy atom. The second-order valence-corrected chi connectivity index (χ2v) is 14.4. The number of para-hydroxylation sites is 5. The molecule has 0 N–H and O–H groups in total. The average Bonchev–Trinajstić information content (AvgIpc) is 3.95. The second kappa shape index (κ2) is 12.3. The molecule has 57 heavy (non-hydrogen) atoms. The van der Waals surface area contributed by atoms with Crippen LogP contribution in [0.1, 0.15) is 0 Å². The van der Waals surface area contributed by atoms with Crippen LogP contribution in [0.5, 0.6) is 0 Å². The van der Waals surface area contributed by atoms with Gasteiger partial charge in [-0.15, -0.1) is 0 Å². The molecule has 0 atom stereocenters. The predicted octanol–water partition coefficient (Wildman–Crippen LogP) is 13.0. The van der Waals surface area contributed by atoms with Gasteiger partial charge in [0.1, 0.15) is 5.58 Å². The largest absolute Gasteiger partial charge is 0.453 e. The Balaban J connectivity index is 1.10. The maximum atomic E-state index is 7.07. The van der Waals surface area contributed by atoms with E-state index < -0.39 is 0 Å². The lowest BCUT2D eigenvalue weighted by molar-refractivity contribution is 0.667. The van der Waals surface area contributed by atoms with Crippen LogP contribution in [0, 0.1) is 0 Å². The molecule has 0 amide bonds. The maximum absolute atomic E-state index is 7.07. The van der Waals surface area contributed by atoms with Crippen LogP contribution >= 0.6 is 0 Å². The Labute approximate surface area is 326 Å². The van der Waals surface area contributed by atoms with Crippen molar-refractivity contribution in [2.45, 2.75) is 0 Å². The first-order valence-electron chi connectivity index (χ1n) is 19.1. The first kappa shape index (κ1) is 31.5. The Morgan fingerprint density at radius 2 is 0.860 bits per heavy atom. The quantitative estimate of drug-likeness (QED) is 0.177. The van der Waals surface area contributed by atoms with E-state index in [4.69, 9.17) is 19.4 Å². The SMILES string of the molecule is c1ccc(-c2ccc3c(c2)c2ccccc2n3-c2cccc3c2oc2c(-c4nc(-c5ccccc5)nc(-n5c6ccccc6c6ccccc65)n4)cccc23)cc1. The van der Waals surface area contributed by atoms with Gasteiger partial charge in [0.2, 0.25) is 5.95 Å². The fourth-order valence-corrected chi connectivity index (χ4v) is 8.64. The zero-order valence-electron chi connectivity index (χ0n) is 30.5. The number of hydrogen-bond donors (Lipinski definition) is 0. The molecule has 0 radical (unpaired) electrons. The van der Waals surface area contributed by atoms with E-state index >= 15 is 0 Å². The predicted molar refractivity (Wildman–Crippen MR) is 232 cm³/mol. The lowest BCUT2D eigenvalue weighted by Crippen LogP contribution is -2.06. The van der Waals surface area contributed by atoms with Gasteiger partial charge in [-0.3, -0.25) is 4.57 Å². The summed E-state index contributed by atoms with van der Waals surface area (Å²) in [6.07, 6.45) is 0. The molecule has 0 unspecified atom stereocenters. The van der Waals surface area contributed by atoms with E-state index in [1.165, 1.54) is 21.9 Å². The van der Waals surface area contributed by atoms with Crippen LogP contribution in [-0.2, 0) is 0 Å². The number of hydrogen-bond acceptors (Lipinski definition) is 4. The molecule has 0 saturated heterocycles. The molecule has 0 aliphatic rings. The van der Waals surface area contributed by atoms with Crippen molar-refractivity contribution in [3.63, 3.8) is 0 Å². The molecule has 6 nitrogen and oxygen atoms in total. The van der Waals surface area contributed by atoms with Crippen LogP contribution in [0.2, 0.25) is 0 Å². The van der Waals surface area contributed by atoms with Crippen LogP contribution in [-0.4, -0.2) is 24.1 Å². The Kier molecular flexibility index (Phi) is 6.83. The van der Waals surface area contributed by atoms with Gasteiger partial charge in [0, 0.05) is 37.9 Å². The monoisotopic (exact) mass is 729 g/mol. The molecular weight excluding hydrogens is 699 g/mol. The molecule has 4 aromatic heterocycles. The molecule has 266 valence electrons. The van der Waals surface area contributed by atoms with Crippen molar-refractivity contribution in [1.82, 2.24) is 24.1 Å². The van der Waals surface area contributed by atoms with Crippen LogP contribution in [0.3, 0.4) is 0 Å². The lowest BCUT2D eigenvalue weighted by Gasteiger charge is -2.11. The summed E-state index contributed by atoms with van der Waals surface area (Å²) in [4.78, 5) is 15.5. The van der Waals surface area contributed by atoms with Gasteiger partial charge in [0.25, 0.3) is 0 Å². The van der Waals surface area contributed by atoms with Crippen molar-refractivity contribution in [3.8, 4) is 45.5 Å². The van der Waals surface area contributed by atoms with Gasteiger partial charge < -0.3 is 8.98 Å². The second-order valence-electron chi connectivity index (χ2n) is 14.4. The average molecular weight is 730 g/mol. The van der Waals surface area contributed by atoms with E-state index in [1.807, 2.05) is 30.3 Å². The van der Waals surface area contributed by atoms with Gasteiger partial charge in [-0.2, -0.15) is 9.97 Å². The molecule has 12 aromatic rings. The fraction of sp³-hybridized carbons (Fsp3) is 0. The minimum atomic E-state index is 0.539. The van der Waals surface area contributed by atoms with E-state index in [-0.39, 0.29) is 0 Å². The summed E-state index contributed by atoms with van der Waals surface area (Å²) >= 11 is 0. The topological polar surface area (TPSA) is 61.7 Å². The molecule has 0 aliphatic heterocycles. The third kappa shape index (κ3) is 4.81. The first-order valence-corrected chi connectivity index (χ1v) is 19.1. The summed E-state index contributed by atoms with van der Waals surface area (Å²) in [5.41, 5.74) is 10.9. The minimum Gasteiger partial charge on any atom is -0.453 e. The Bertz CT molecular complexity index is 3470. The summed E-state index contributed by atoms with van der Waals surface area (Å²) in [5, 5.41) is 6.69. The summed E-state index contributed by atoms with van der Waals surface area (Å²) in [6, 6.07) is 65.5. The van der Waals surface area contributed by atoms with Gasteiger partial charge in [0.05, 0.1) is 33.3 Å². The number of rotatable bonds is 5. The molecule has 12 rings (SSSR count). The molecule has 6 heteroatoms. The van der Waals surface area contributed by atoms with Gasteiger partial charge in [-0.25, -0.2) is 4.98 Å². The zero-order valence-corrected chi connectivity index (χ0v) is 30.5. The smallest absolute Gasteiger partial charge is 0.238 e. The third-order valence-electron chi connectivity index (χ3n) is 11.2.